The van der Waals surface area contributed by atoms with Gasteiger partial charge in [-0.1, -0.05) is 12.1 Å². The fourth-order valence-electron chi connectivity index (χ4n) is 3.18. The van der Waals surface area contributed by atoms with Gasteiger partial charge >= 0.3 is 0 Å². The molecule has 1 amide bonds. The van der Waals surface area contributed by atoms with Gasteiger partial charge in [0.25, 0.3) is 5.91 Å². The van der Waals surface area contributed by atoms with Gasteiger partial charge in [-0.3, -0.25) is 15.0 Å². The van der Waals surface area contributed by atoms with Gasteiger partial charge in [0.2, 0.25) is 0 Å². The number of nitriles is 1. The number of benzene rings is 1. The largest absolute Gasteiger partial charge is 0.484 e. The number of amides is 1. The molecule has 1 aliphatic rings. The van der Waals surface area contributed by atoms with Crippen LogP contribution in [0.4, 0.5) is 5.13 Å². The maximum atomic E-state index is 12.1. The first-order valence-electron chi connectivity index (χ1n) is 9.22. The van der Waals surface area contributed by atoms with Gasteiger partial charge in [0.05, 0.1) is 30.4 Å². The van der Waals surface area contributed by atoms with E-state index in [1.807, 2.05) is 17.5 Å². The number of nitrogens with zero attached hydrogens (tertiary/aromatic N) is 3. The van der Waals surface area contributed by atoms with E-state index in [1.165, 1.54) is 11.3 Å². The van der Waals surface area contributed by atoms with Crippen LogP contribution in [0.2, 0.25) is 0 Å². The molecule has 2 heterocycles. The van der Waals surface area contributed by atoms with E-state index >= 15 is 0 Å². The molecule has 8 heteroatoms. The summed E-state index contributed by atoms with van der Waals surface area (Å²) in [6.07, 6.45) is 0.787. The lowest BCUT2D eigenvalue weighted by Crippen LogP contribution is -2.44. The fraction of sp³-hybridized carbons (Fsp3) is 0.450. The third-order valence-electron chi connectivity index (χ3n) is 4.26. The number of carbonyl (C=O) groups is 1. The highest BCUT2D eigenvalue weighted by molar-refractivity contribution is 7.13. The maximum absolute atomic E-state index is 12.1. The Morgan fingerprint density at radius 1 is 1.36 bits per heavy atom. The van der Waals surface area contributed by atoms with Crippen LogP contribution in [-0.2, 0) is 22.5 Å². The van der Waals surface area contributed by atoms with Crippen LogP contribution < -0.4 is 10.1 Å². The quantitative estimate of drug-likeness (QED) is 0.769. The minimum absolute atomic E-state index is 0.0923. The number of aromatic nitrogens is 1. The molecule has 1 aliphatic heterocycles. The Labute approximate surface area is 168 Å². The average Bonchev–Trinajstić information content (AvgIpc) is 3.07. The maximum Gasteiger partial charge on any atom is 0.264 e. The molecule has 0 spiro atoms. The van der Waals surface area contributed by atoms with Crippen molar-refractivity contribution >= 4 is 22.4 Å². The second-order valence-electron chi connectivity index (χ2n) is 6.91. The lowest BCUT2D eigenvalue weighted by molar-refractivity contribution is -0.118. The minimum Gasteiger partial charge on any atom is -0.484 e. The van der Waals surface area contributed by atoms with Crippen LogP contribution in [0.3, 0.4) is 0 Å². The van der Waals surface area contributed by atoms with E-state index < -0.39 is 0 Å². The summed E-state index contributed by atoms with van der Waals surface area (Å²) in [7, 11) is 0. The highest BCUT2D eigenvalue weighted by Crippen LogP contribution is 2.19. The summed E-state index contributed by atoms with van der Waals surface area (Å²) in [6, 6.07) is 9.24. The molecule has 1 N–H and O–H groups in total. The summed E-state index contributed by atoms with van der Waals surface area (Å²) in [4.78, 5) is 18.9. The lowest BCUT2D eigenvalue weighted by atomic mass is 10.2. The predicted molar refractivity (Wildman–Crippen MR) is 107 cm³/mol. The minimum atomic E-state index is -0.254. The molecule has 7 nitrogen and oxygen atoms in total. The number of nitrogens with one attached hydrogen (secondary N) is 1. The molecule has 2 unspecified atom stereocenters. The number of carbonyl (C=O) groups excluding carboxylic acids is 1. The van der Waals surface area contributed by atoms with Gasteiger partial charge in [0, 0.05) is 25.0 Å². The van der Waals surface area contributed by atoms with Crippen LogP contribution in [0.15, 0.2) is 29.6 Å². The number of thiazole rings is 1. The van der Waals surface area contributed by atoms with Crippen molar-refractivity contribution in [2.24, 2.45) is 0 Å². The standard InChI is InChI=1S/C20H24N4O3S/c1-14-9-24(10-15(2)27-14)11-17-13-28-20(22-17)23-19(25)12-26-18-5-3-16(4-6-18)7-8-21/h3-6,13-15H,7,9-12H2,1-2H3,(H,22,23,25). The van der Waals surface area contributed by atoms with E-state index in [2.05, 4.69) is 35.1 Å². The van der Waals surface area contributed by atoms with E-state index in [4.69, 9.17) is 14.7 Å². The molecule has 2 aromatic rings. The molecule has 0 aliphatic carbocycles. The monoisotopic (exact) mass is 400 g/mol. The van der Waals surface area contributed by atoms with Crippen LogP contribution >= 0.6 is 11.3 Å². The summed E-state index contributed by atoms with van der Waals surface area (Å²) >= 11 is 1.41. The predicted octanol–water partition coefficient (Wildman–Crippen LogP) is 2.84. The van der Waals surface area contributed by atoms with E-state index in [1.54, 1.807) is 12.1 Å². The van der Waals surface area contributed by atoms with E-state index in [0.29, 0.717) is 17.3 Å². The molecule has 0 bridgehead atoms. The van der Waals surface area contributed by atoms with Crippen molar-refractivity contribution in [3.05, 3.63) is 40.9 Å². The van der Waals surface area contributed by atoms with Crippen molar-refractivity contribution in [2.75, 3.05) is 25.0 Å². The summed E-state index contributed by atoms with van der Waals surface area (Å²) in [6.45, 7) is 6.56. The summed E-state index contributed by atoms with van der Waals surface area (Å²) in [5.41, 5.74) is 1.86. The summed E-state index contributed by atoms with van der Waals surface area (Å²) in [5, 5.41) is 14.0. The Balaban J connectivity index is 1.45. The fourth-order valence-corrected chi connectivity index (χ4v) is 3.90. The van der Waals surface area contributed by atoms with Crippen molar-refractivity contribution in [2.45, 2.75) is 39.0 Å². The van der Waals surface area contributed by atoms with Crippen LogP contribution in [0, 0.1) is 11.3 Å². The molecule has 0 radical (unpaired) electrons. The normalized spacial score (nSPS) is 19.8. The highest BCUT2D eigenvalue weighted by atomic mass is 32.1. The van der Waals surface area contributed by atoms with Crippen LogP contribution in [0.25, 0.3) is 0 Å². The number of anilines is 1. The van der Waals surface area contributed by atoms with Crippen molar-refractivity contribution < 1.29 is 14.3 Å². The molecule has 1 fully saturated rings. The molecule has 1 saturated heterocycles. The zero-order valence-electron chi connectivity index (χ0n) is 16.1. The molecule has 28 heavy (non-hydrogen) atoms. The first kappa shape index (κ1) is 20.3. The Hall–Kier alpha value is -2.47. The van der Waals surface area contributed by atoms with Gasteiger partial charge in [-0.15, -0.1) is 11.3 Å². The summed E-state index contributed by atoms with van der Waals surface area (Å²) in [5.74, 6) is 0.336. The highest BCUT2D eigenvalue weighted by Gasteiger charge is 2.22. The van der Waals surface area contributed by atoms with Gasteiger partial charge in [0.15, 0.2) is 11.7 Å². The number of morpholine rings is 1. The van der Waals surface area contributed by atoms with Crippen molar-refractivity contribution in [1.29, 1.82) is 5.26 Å². The Kier molecular flexibility index (Phi) is 6.98. The SMILES string of the molecule is CC1CN(Cc2csc(NC(=O)COc3ccc(CC#N)cc3)n2)CC(C)O1. The topological polar surface area (TPSA) is 87.5 Å². The molecule has 1 aromatic carbocycles. The number of ether oxygens (including phenoxy) is 2. The zero-order valence-corrected chi connectivity index (χ0v) is 16.9. The number of hydrogen-bond donors (Lipinski definition) is 1. The van der Waals surface area contributed by atoms with E-state index in [-0.39, 0.29) is 24.7 Å². The molecule has 148 valence electrons. The Bertz CT molecular complexity index is 821. The Morgan fingerprint density at radius 2 is 2.07 bits per heavy atom. The Morgan fingerprint density at radius 3 is 2.75 bits per heavy atom. The number of hydrogen-bond acceptors (Lipinski definition) is 7. The second kappa shape index (κ2) is 9.64. The van der Waals surface area contributed by atoms with Gasteiger partial charge < -0.3 is 9.47 Å². The van der Waals surface area contributed by atoms with Crippen molar-refractivity contribution in [3.63, 3.8) is 0 Å². The second-order valence-corrected chi connectivity index (χ2v) is 7.77. The smallest absolute Gasteiger partial charge is 0.264 e. The molecule has 0 saturated carbocycles. The van der Waals surface area contributed by atoms with Gasteiger partial charge in [-0.05, 0) is 31.5 Å². The molecule has 1 aromatic heterocycles. The average molecular weight is 401 g/mol. The van der Waals surface area contributed by atoms with E-state index in [0.717, 1.165) is 30.9 Å². The van der Waals surface area contributed by atoms with Crippen molar-refractivity contribution in [3.8, 4) is 11.8 Å². The lowest BCUT2D eigenvalue weighted by Gasteiger charge is -2.34. The summed E-state index contributed by atoms with van der Waals surface area (Å²) < 4.78 is 11.2. The zero-order chi connectivity index (χ0) is 19.9. The van der Waals surface area contributed by atoms with Crippen LogP contribution in [0.1, 0.15) is 25.1 Å². The molecule has 2 atom stereocenters. The van der Waals surface area contributed by atoms with Gasteiger partial charge in [-0.2, -0.15) is 5.26 Å². The molecular formula is C20H24N4O3S. The molecule has 3 rings (SSSR count). The third-order valence-corrected chi connectivity index (χ3v) is 5.06. The van der Waals surface area contributed by atoms with Crippen LogP contribution in [0.5, 0.6) is 5.75 Å². The van der Waals surface area contributed by atoms with Crippen LogP contribution in [-0.4, -0.2) is 47.7 Å². The third kappa shape index (κ3) is 6.02. The van der Waals surface area contributed by atoms with Crippen molar-refractivity contribution in [1.82, 2.24) is 9.88 Å². The first-order chi connectivity index (χ1) is 13.5. The first-order valence-corrected chi connectivity index (χ1v) is 10.1. The number of rotatable bonds is 7. The van der Waals surface area contributed by atoms with Gasteiger partial charge in [-0.25, -0.2) is 4.98 Å². The van der Waals surface area contributed by atoms with E-state index in [9.17, 15) is 4.79 Å². The molecular weight excluding hydrogens is 376 g/mol. The van der Waals surface area contributed by atoms with Gasteiger partial charge in [0.1, 0.15) is 5.75 Å².